The van der Waals surface area contributed by atoms with Crippen molar-refractivity contribution in [2.75, 3.05) is 13.3 Å². The van der Waals surface area contributed by atoms with E-state index in [1.54, 1.807) is 36.5 Å². The number of fused-ring (bicyclic) bond motifs is 2. The van der Waals surface area contributed by atoms with Gasteiger partial charge in [-0.15, -0.1) is 0 Å². The summed E-state index contributed by atoms with van der Waals surface area (Å²) in [6, 6.07) is 10.5. The highest BCUT2D eigenvalue weighted by atomic mass is 32.2. The van der Waals surface area contributed by atoms with Gasteiger partial charge in [-0.2, -0.15) is 0 Å². The summed E-state index contributed by atoms with van der Waals surface area (Å²) in [7, 11) is 5.17. The SMILES string of the molecule is [B]C(O)(O)Oc1nc(CCF)ccc1-c1ccc2cnc(CNC(=O)c3cc(F)c4c(c3)SC(F)CCO4)cc2n1. The molecule has 9 nitrogen and oxygen atoms in total. The first-order chi connectivity index (χ1) is 19.6. The molecule has 1 aliphatic rings. The molecule has 1 unspecified atom stereocenters. The van der Waals surface area contributed by atoms with Crippen molar-refractivity contribution in [3.05, 3.63) is 71.4 Å². The number of aromatic nitrogens is 3. The molecule has 1 aliphatic heterocycles. The van der Waals surface area contributed by atoms with Gasteiger partial charge < -0.3 is 25.0 Å². The van der Waals surface area contributed by atoms with Crippen LogP contribution in [0.4, 0.5) is 13.2 Å². The van der Waals surface area contributed by atoms with Gasteiger partial charge in [0, 0.05) is 35.7 Å². The van der Waals surface area contributed by atoms with Crippen molar-refractivity contribution in [2.24, 2.45) is 0 Å². The van der Waals surface area contributed by atoms with E-state index in [2.05, 4.69) is 20.3 Å². The van der Waals surface area contributed by atoms with Gasteiger partial charge in [0.15, 0.2) is 17.1 Å². The fourth-order valence-electron chi connectivity index (χ4n) is 4.08. The minimum Gasteiger partial charge on any atom is -0.489 e. The Labute approximate surface area is 237 Å². The van der Waals surface area contributed by atoms with Crippen LogP contribution in [0.2, 0.25) is 0 Å². The molecule has 210 valence electrons. The summed E-state index contributed by atoms with van der Waals surface area (Å²) in [6.45, 7) is -0.655. The average Bonchev–Trinajstić information content (AvgIpc) is 3.11. The monoisotopic (exact) mass is 582 g/mol. The Bertz CT molecular complexity index is 1610. The zero-order valence-corrected chi connectivity index (χ0v) is 22.1. The number of ether oxygens (including phenoxy) is 2. The van der Waals surface area contributed by atoms with Crippen molar-refractivity contribution >= 4 is 36.4 Å². The van der Waals surface area contributed by atoms with Crippen LogP contribution >= 0.6 is 11.8 Å². The number of alkyl halides is 2. The summed E-state index contributed by atoms with van der Waals surface area (Å²) in [5.41, 5.74) is 0.559. The highest BCUT2D eigenvalue weighted by molar-refractivity contribution is 7.99. The molecule has 1 amide bonds. The molecule has 0 aliphatic carbocycles. The van der Waals surface area contributed by atoms with E-state index in [0.717, 1.165) is 17.8 Å². The van der Waals surface area contributed by atoms with Gasteiger partial charge in [0.25, 0.3) is 11.8 Å². The normalized spacial score (nSPS) is 15.1. The molecule has 4 heterocycles. The van der Waals surface area contributed by atoms with Crippen molar-refractivity contribution in [1.29, 1.82) is 0 Å². The number of halogens is 3. The molecule has 41 heavy (non-hydrogen) atoms. The third kappa shape index (κ3) is 6.89. The number of hydrogen-bond acceptors (Lipinski definition) is 9. The molecular formula is C27H22BF3N4O5S. The van der Waals surface area contributed by atoms with Crippen LogP contribution in [0.5, 0.6) is 11.6 Å². The number of carbonyl (C=O) groups is 1. The third-order valence-corrected chi connectivity index (χ3v) is 7.02. The number of nitrogens with zero attached hydrogens (tertiary/aromatic N) is 3. The predicted molar refractivity (Wildman–Crippen MR) is 144 cm³/mol. The van der Waals surface area contributed by atoms with Crippen molar-refractivity contribution in [3.63, 3.8) is 0 Å². The van der Waals surface area contributed by atoms with Gasteiger partial charge >= 0.3 is 0 Å². The average molecular weight is 582 g/mol. The lowest BCUT2D eigenvalue weighted by Crippen LogP contribution is -2.36. The number of aliphatic hydroxyl groups is 2. The Morgan fingerprint density at radius 2 is 2.02 bits per heavy atom. The Hall–Kier alpha value is -3.88. The van der Waals surface area contributed by atoms with Crippen molar-refractivity contribution in [3.8, 4) is 22.9 Å². The first-order valence-electron chi connectivity index (χ1n) is 12.4. The van der Waals surface area contributed by atoms with Gasteiger partial charge in [0.2, 0.25) is 13.7 Å². The zero-order chi connectivity index (χ0) is 29.1. The molecule has 3 aromatic heterocycles. The lowest BCUT2D eigenvalue weighted by atomic mass is 10.1. The summed E-state index contributed by atoms with van der Waals surface area (Å²) in [5, 5.41) is 22.4. The first-order valence-corrected chi connectivity index (χ1v) is 13.3. The summed E-state index contributed by atoms with van der Waals surface area (Å²) in [6.07, 6.45) is 1.64. The van der Waals surface area contributed by atoms with E-state index in [-0.39, 0.29) is 53.6 Å². The molecule has 0 spiro atoms. The zero-order valence-electron chi connectivity index (χ0n) is 21.3. The molecule has 14 heteroatoms. The Balaban J connectivity index is 1.37. The highest BCUT2D eigenvalue weighted by Crippen LogP contribution is 2.39. The van der Waals surface area contributed by atoms with Gasteiger partial charge in [-0.05, 0) is 42.5 Å². The second-order valence-corrected chi connectivity index (χ2v) is 10.2. The summed E-state index contributed by atoms with van der Waals surface area (Å²) >= 11 is 0.804. The molecule has 0 bridgehead atoms. The van der Waals surface area contributed by atoms with Gasteiger partial charge in [0.05, 0.1) is 47.2 Å². The largest absolute Gasteiger partial charge is 0.489 e. The number of hydrogen-bond donors (Lipinski definition) is 3. The molecule has 2 radical (unpaired) electrons. The number of aryl methyl sites for hydroxylation is 1. The van der Waals surface area contributed by atoms with Crippen LogP contribution < -0.4 is 14.8 Å². The van der Waals surface area contributed by atoms with Gasteiger partial charge in [0.1, 0.15) is 0 Å². The Morgan fingerprint density at radius 3 is 2.80 bits per heavy atom. The van der Waals surface area contributed by atoms with E-state index >= 15 is 0 Å². The summed E-state index contributed by atoms with van der Waals surface area (Å²) in [4.78, 5) is 26.0. The fraction of sp³-hybridized carbons (Fsp3) is 0.259. The smallest absolute Gasteiger partial charge is 0.261 e. The van der Waals surface area contributed by atoms with E-state index in [1.165, 1.54) is 6.07 Å². The van der Waals surface area contributed by atoms with Crippen molar-refractivity contribution in [2.45, 2.75) is 35.7 Å². The maximum absolute atomic E-state index is 14.6. The molecule has 4 aromatic rings. The third-order valence-electron chi connectivity index (χ3n) is 5.97. The topological polar surface area (TPSA) is 127 Å². The van der Waals surface area contributed by atoms with Crippen LogP contribution in [0, 0.1) is 5.82 Å². The molecule has 0 fully saturated rings. The number of amides is 1. The molecular weight excluding hydrogens is 560 g/mol. The number of rotatable bonds is 8. The number of nitrogens with one attached hydrogen (secondary N) is 1. The molecule has 0 saturated heterocycles. The van der Waals surface area contributed by atoms with Crippen LogP contribution in [-0.2, 0) is 13.0 Å². The van der Waals surface area contributed by atoms with Gasteiger partial charge in [-0.25, -0.2) is 18.7 Å². The van der Waals surface area contributed by atoms with E-state index in [4.69, 9.17) is 17.3 Å². The van der Waals surface area contributed by atoms with Gasteiger partial charge in [-0.1, -0.05) is 11.8 Å². The number of carbonyl (C=O) groups excluding carboxylic acids is 1. The number of pyridine rings is 3. The molecule has 1 aromatic carbocycles. The quantitative estimate of drug-likeness (QED) is 0.211. The van der Waals surface area contributed by atoms with Crippen LogP contribution in [0.1, 0.15) is 28.2 Å². The highest BCUT2D eigenvalue weighted by Gasteiger charge is 2.24. The molecule has 3 N–H and O–H groups in total. The van der Waals surface area contributed by atoms with Crippen molar-refractivity contribution in [1.82, 2.24) is 20.3 Å². The first kappa shape index (κ1) is 28.6. The van der Waals surface area contributed by atoms with Crippen molar-refractivity contribution < 1.29 is 37.7 Å². The number of benzene rings is 1. The van der Waals surface area contributed by atoms with E-state index in [9.17, 15) is 28.2 Å². The molecule has 0 saturated carbocycles. The minimum atomic E-state index is -3.03. The molecule has 5 rings (SSSR count). The predicted octanol–water partition coefficient (Wildman–Crippen LogP) is 3.59. The maximum Gasteiger partial charge on any atom is 0.261 e. The maximum atomic E-state index is 14.6. The van der Waals surface area contributed by atoms with E-state index < -0.39 is 29.8 Å². The lowest BCUT2D eigenvalue weighted by Gasteiger charge is -2.20. The summed E-state index contributed by atoms with van der Waals surface area (Å²) < 4.78 is 51.6. The van der Waals surface area contributed by atoms with Crippen LogP contribution in [0.3, 0.4) is 0 Å². The minimum absolute atomic E-state index is 0.00707. The van der Waals surface area contributed by atoms with E-state index in [0.29, 0.717) is 28.0 Å². The fourth-order valence-corrected chi connectivity index (χ4v) is 5.03. The number of thioether (sulfide) groups is 1. The Kier molecular flexibility index (Phi) is 8.33. The lowest BCUT2D eigenvalue weighted by molar-refractivity contribution is -0.225. The Morgan fingerprint density at radius 1 is 1.20 bits per heavy atom. The van der Waals surface area contributed by atoms with Crippen LogP contribution in [0.15, 0.2) is 53.6 Å². The second-order valence-electron chi connectivity index (χ2n) is 9.05. The summed E-state index contributed by atoms with van der Waals surface area (Å²) in [5.74, 6) is -4.69. The standard InChI is InChI=1S/C27H22BF3N4O5S/c28-27(37,38)40-26-18(3-2-16(34-26)5-7-29)20-4-1-14-12-32-17(11-21(14)35-20)13-33-25(36)15-9-19(30)24-22(10-15)41-23(31)6-8-39-24/h1-4,9-12,23,37-38H,5-8,13H2,(H,33,36). The second kappa shape index (κ2) is 11.9. The van der Waals surface area contributed by atoms with Crippen LogP contribution in [0.25, 0.3) is 22.2 Å². The van der Waals surface area contributed by atoms with E-state index in [1.807, 2.05) is 0 Å². The van der Waals surface area contributed by atoms with Crippen LogP contribution in [-0.4, -0.2) is 63.6 Å². The molecule has 1 atom stereocenters. The van der Waals surface area contributed by atoms with Gasteiger partial charge in [-0.3, -0.25) is 14.2 Å².